The third-order valence-corrected chi connectivity index (χ3v) is 5.26. The number of aliphatic carboxylic acids is 1. The van der Waals surface area contributed by atoms with Gasteiger partial charge in [0.2, 0.25) is 0 Å². The Kier molecular flexibility index (Phi) is 3.67. The lowest BCUT2D eigenvalue weighted by molar-refractivity contribution is -0.141. The maximum atomic E-state index is 14.6. The normalized spacial score (nSPS) is 22.3. The Morgan fingerprint density at radius 3 is 2.52 bits per heavy atom. The molecule has 0 aliphatic heterocycles. The Hall–Kier alpha value is -2.56. The molecular weight excluding hydrogens is 319 g/mol. The molecule has 1 atom stereocenters. The predicted molar refractivity (Wildman–Crippen MR) is 91.8 cm³/mol. The van der Waals surface area contributed by atoms with Crippen molar-refractivity contribution >= 4 is 5.97 Å². The van der Waals surface area contributed by atoms with Crippen molar-refractivity contribution in [1.82, 2.24) is 9.97 Å². The first-order valence-corrected chi connectivity index (χ1v) is 8.55. The average Bonchev–Trinajstić information content (AvgIpc) is 3.34. The number of hydrogen-bond acceptors (Lipinski definition) is 3. The molecule has 5 heteroatoms. The van der Waals surface area contributed by atoms with E-state index in [0.29, 0.717) is 41.0 Å². The second kappa shape index (κ2) is 5.76. The van der Waals surface area contributed by atoms with Crippen LogP contribution in [0.2, 0.25) is 0 Å². The smallest absolute Gasteiger partial charge is 0.318 e. The van der Waals surface area contributed by atoms with Crippen LogP contribution in [0.1, 0.15) is 48.6 Å². The van der Waals surface area contributed by atoms with Gasteiger partial charge < -0.3 is 5.11 Å². The van der Waals surface area contributed by atoms with Crippen molar-refractivity contribution in [2.75, 3.05) is 0 Å². The molecular formula is C20H19FN2O2. The van der Waals surface area contributed by atoms with E-state index in [2.05, 4.69) is 9.97 Å². The monoisotopic (exact) mass is 338 g/mol. The van der Waals surface area contributed by atoms with Gasteiger partial charge in [-0.3, -0.25) is 4.79 Å². The van der Waals surface area contributed by atoms with Crippen molar-refractivity contribution in [3.05, 3.63) is 59.4 Å². The third kappa shape index (κ3) is 2.64. The largest absolute Gasteiger partial charge is 0.480 e. The number of carbonyl (C=O) groups is 1. The Morgan fingerprint density at radius 1 is 1.24 bits per heavy atom. The molecule has 25 heavy (non-hydrogen) atoms. The summed E-state index contributed by atoms with van der Waals surface area (Å²) in [6.45, 7) is 1.64. The van der Waals surface area contributed by atoms with Crippen molar-refractivity contribution < 1.29 is 14.3 Å². The zero-order valence-electron chi connectivity index (χ0n) is 14.0. The van der Waals surface area contributed by atoms with Gasteiger partial charge in [-0.05, 0) is 61.4 Å². The number of nitrogens with zero attached hydrogens (tertiary/aromatic N) is 2. The molecule has 1 heterocycles. The lowest BCUT2D eigenvalue weighted by Crippen LogP contribution is -2.32. The van der Waals surface area contributed by atoms with Gasteiger partial charge in [-0.15, -0.1) is 0 Å². The standard InChI is InChI=1S/C20H19FN2O2/c1-12-16(20(19(24)25)6-2-3-7-20)8-14(9-17(12)21)15-10-22-18(23-11-15)13-4-5-13/h2,6,8-11,13H,3-5,7H2,1H3,(H,24,25). The van der Waals surface area contributed by atoms with Gasteiger partial charge in [0.25, 0.3) is 0 Å². The first kappa shape index (κ1) is 15.9. The van der Waals surface area contributed by atoms with Gasteiger partial charge in [0, 0.05) is 23.9 Å². The SMILES string of the molecule is Cc1c(F)cc(-c2cnc(C3CC3)nc2)cc1C1(C(=O)O)C=CCC1. The highest BCUT2D eigenvalue weighted by molar-refractivity contribution is 5.86. The van der Waals surface area contributed by atoms with E-state index in [1.165, 1.54) is 6.07 Å². The van der Waals surface area contributed by atoms with E-state index in [-0.39, 0.29) is 0 Å². The van der Waals surface area contributed by atoms with Gasteiger partial charge in [-0.2, -0.15) is 0 Å². The zero-order chi connectivity index (χ0) is 17.6. The van der Waals surface area contributed by atoms with Crippen LogP contribution in [-0.4, -0.2) is 21.0 Å². The summed E-state index contributed by atoms with van der Waals surface area (Å²) in [6, 6.07) is 3.21. The fourth-order valence-corrected chi connectivity index (χ4v) is 3.55. The van der Waals surface area contributed by atoms with E-state index in [4.69, 9.17) is 0 Å². The Labute approximate surface area is 145 Å². The van der Waals surface area contributed by atoms with Crippen LogP contribution in [0.5, 0.6) is 0 Å². The minimum atomic E-state index is -1.16. The molecule has 0 radical (unpaired) electrons. The van der Waals surface area contributed by atoms with Crippen molar-refractivity contribution in [3.8, 4) is 11.1 Å². The second-order valence-electron chi connectivity index (χ2n) is 6.95. The Balaban J connectivity index is 1.81. The maximum Gasteiger partial charge on any atom is 0.318 e. The molecule has 2 aromatic rings. The number of benzene rings is 1. The second-order valence-corrected chi connectivity index (χ2v) is 6.95. The summed E-state index contributed by atoms with van der Waals surface area (Å²) in [5, 5.41) is 9.80. The lowest BCUT2D eigenvalue weighted by Gasteiger charge is -2.26. The van der Waals surface area contributed by atoms with E-state index in [1.54, 1.807) is 31.5 Å². The van der Waals surface area contributed by atoms with Crippen LogP contribution in [0.4, 0.5) is 4.39 Å². The van der Waals surface area contributed by atoms with Gasteiger partial charge in [-0.25, -0.2) is 14.4 Å². The van der Waals surface area contributed by atoms with Gasteiger partial charge in [-0.1, -0.05) is 12.2 Å². The third-order valence-electron chi connectivity index (χ3n) is 5.26. The number of allylic oxidation sites excluding steroid dienone is 1. The minimum Gasteiger partial charge on any atom is -0.480 e. The first-order valence-electron chi connectivity index (χ1n) is 8.55. The summed E-state index contributed by atoms with van der Waals surface area (Å²) in [4.78, 5) is 20.7. The summed E-state index contributed by atoms with van der Waals surface area (Å²) >= 11 is 0. The van der Waals surface area contributed by atoms with Gasteiger partial charge >= 0.3 is 5.97 Å². The van der Waals surface area contributed by atoms with E-state index in [9.17, 15) is 14.3 Å². The molecule has 1 aromatic carbocycles. The number of hydrogen-bond donors (Lipinski definition) is 1. The number of halogens is 1. The summed E-state index contributed by atoms with van der Waals surface area (Å²) in [5.74, 6) is -0.0588. The Bertz CT molecular complexity index is 872. The van der Waals surface area contributed by atoms with Crippen molar-refractivity contribution in [1.29, 1.82) is 0 Å². The molecule has 0 amide bonds. The molecule has 1 saturated carbocycles. The van der Waals surface area contributed by atoms with E-state index < -0.39 is 17.2 Å². The van der Waals surface area contributed by atoms with Crippen LogP contribution in [0.25, 0.3) is 11.1 Å². The number of aromatic nitrogens is 2. The highest BCUT2D eigenvalue weighted by Gasteiger charge is 2.41. The summed E-state index contributed by atoms with van der Waals surface area (Å²) in [7, 11) is 0. The molecule has 4 nitrogen and oxygen atoms in total. The molecule has 1 N–H and O–H groups in total. The van der Waals surface area contributed by atoms with E-state index in [1.807, 2.05) is 6.08 Å². The molecule has 128 valence electrons. The van der Waals surface area contributed by atoms with Crippen LogP contribution >= 0.6 is 0 Å². The molecule has 1 unspecified atom stereocenters. The average molecular weight is 338 g/mol. The number of rotatable bonds is 4. The molecule has 1 fully saturated rings. The molecule has 1 aromatic heterocycles. The van der Waals surface area contributed by atoms with Gasteiger partial charge in [0.05, 0.1) is 0 Å². The fraction of sp³-hybridized carbons (Fsp3) is 0.350. The molecule has 4 rings (SSSR count). The minimum absolute atomic E-state index is 0.383. The quantitative estimate of drug-likeness (QED) is 0.851. The van der Waals surface area contributed by atoms with Crippen LogP contribution in [-0.2, 0) is 10.2 Å². The summed E-state index contributed by atoms with van der Waals surface area (Å²) in [6.07, 6.45) is 10.3. The van der Waals surface area contributed by atoms with E-state index in [0.717, 1.165) is 18.7 Å². The summed E-state index contributed by atoms with van der Waals surface area (Å²) in [5.41, 5.74) is 1.05. The zero-order valence-corrected chi connectivity index (χ0v) is 14.0. The molecule has 2 aliphatic carbocycles. The van der Waals surface area contributed by atoms with Crippen LogP contribution in [0.3, 0.4) is 0 Å². The highest BCUT2D eigenvalue weighted by Crippen LogP contribution is 2.41. The van der Waals surface area contributed by atoms with Crippen LogP contribution in [0.15, 0.2) is 36.7 Å². The van der Waals surface area contributed by atoms with Crippen LogP contribution in [0, 0.1) is 12.7 Å². The van der Waals surface area contributed by atoms with E-state index >= 15 is 0 Å². The molecule has 0 saturated heterocycles. The summed E-state index contributed by atoms with van der Waals surface area (Å²) < 4.78 is 14.6. The predicted octanol–water partition coefficient (Wildman–Crippen LogP) is 4.14. The maximum absolute atomic E-state index is 14.6. The molecule has 0 bridgehead atoms. The van der Waals surface area contributed by atoms with Crippen LogP contribution < -0.4 is 0 Å². The van der Waals surface area contributed by atoms with Crippen molar-refractivity contribution in [2.45, 2.75) is 43.9 Å². The van der Waals surface area contributed by atoms with Gasteiger partial charge in [0.15, 0.2) is 0 Å². The van der Waals surface area contributed by atoms with Gasteiger partial charge in [0.1, 0.15) is 17.1 Å². The topological polar surface area (TPSA) is 63.1 Å². The lowest BCUT2D eigenvalue weighted by atomic mass is 9.77. The first-order chi connectivity index (χ1) is 12.0. The van der Waals surface area contributed by atoms with Crippen molar-refractivity contribution in [3.63, 3.8) is 0 Å². The fourth-order valence-electron chi connectivity index (χ4n) is 3.55. The Morgan fingerprint density at radius 2 is 1.96 bits per heavy atom. The number of carboxylic acid groups (broad SMARTS) is 1. The molecule has 0 spiro atoms. The molecule has 2 aliphatic rings. The highest BCUT2D eigenvalue weighted by atomic mass is 19.1. The van der Waals surface area contributed by atoms with Crippen molar-refractivity contribution in [2.24, 2.45) is 0 Å². The number of carboxylic acids is 1.